The summed E-state index contributed by atoms with van der Waals surface area (Å²) in [5, 5.41) is 1.16. The van der Waals surface area contributed by atoms with Crippen LogP contribution in [0.3, 0.4) is 0 Å². The molecule has 0 atom stereocenters. The molecule has 0 bridgehead atoms. The van der Waals surface area contributed by atoms with Crippen LogP contribution in [-0.2, 0) is 6.54 Å². The molecule has 0 N–H and O–H groups in total. The van der Waals surface area contributed by atoms with Crippen molar-refractivity contribution in [2.24, 2.45) is 0 Å². The van der Waals surface area contributed by atoms with Gasteiger partial charge in [0, 0.05) is 11.6 Å². The third kappa shape index (κ3) is 1.83. The number of fused-ring (bicyclic) bond motifs is 1. The molecule has 0 saturated heterocycles. The van der Waals surface area contributed by atoms with Crippen molar-refractivity contribution in [2.75, 3.05) is 0 Å². The molecular weight excluding hydrogens is 224 g/mol. The standard InChI is InChI=1S/C12H13ClN2O/c1-3-6-15-8(2)14-11-5-4-9(13)7-10(11)12(15)16/h4-5,7H,3,6H2,1-2H3. The zero-order valence-corrected chi connectivity index (χ0v) is 10.1. The highest BCUT2D eigenvalue weighted by Gasteiger charge is 2.07. The van der Waals surface area contributed by atoms with Crippen molar-refractivity contribution in [3.8, 4) is 0 Å². The fourth-order valence-electron chi connectivity index (χ4n) is 1.79. The van der Waals surface area contributed by atoms with E-state index in [4.69, 9.17) is 11.6 Å². The molecule has 1 aromatic heterocycles. The number of hydrogen-bond acceptors (Lipinski definition) is 2. The summed E-state index contributed by atoms with van der Waals surface area (Å²) in [7, 11) is 0. The molecule has 84 valence electrons. The Hall–Kier alpha value is -1.35. The van der Waals surface area contributed by atoms with Gasteiger partial charge in [0.25, 0.3) is 5.56 Å². The van der Waals surface area contributed by atoms with Crippen LogP contribution >= 0.6 is 11.6 Å². The molecule has 1 aromatic carbocycles. The molecular formula is C12H13ClN2O. The van der Waals surface area contributed by atoms with E-state index in [2.05, 4.69) is 4.98 Å². The van der Waals surface area contributed by atoms with Crippen LogP contribution in [0.4, 0.5) is 0 Å². The lowest BCUT2D eigenvalue weighted by Gasteiger charge is -2.09. The predicted octanol–water partition coefficient (Wildman–Crippen LogP) is 2.77. The first-order valence-corrected chi connectivity index (χ1v) is 5.68. The van der Waals surface area contributed by atoms with Crippen LogP contribution in [0.2, 0.25) is 5.02 Å². The number of rotatable bonds is 2. The predicted molar refractivity (Wildman–Crippen MR) is 66.0 cm³/mol. The van der Waals surface area contributed by atoms with Gasteiger partial charge in [-0.15, -0.1) is 0 Å². The van der Waals surface area contributed by atoms with Gasteiger partial charge < -0.3 is 0 Å². The van der Waals surface area contributed by atoms with Crippen molar-refractivity contribution in [1.82, 2.24) is 9.55 Å². The SMILES string of the molecule is CCCn1c(C)nc2ccc(Cl)cc2c1=O. The maximum atomic E-state index is 12.2. The zero-order chi connectivity index (χ0) is 11.7. The lowest BCUT2D eigenvalue weighted by Crippen LogP contribution is -2.23. The molecule has 0 aliphatic heterocycles. The molecule has 0 unspecified atom stereocenters. The highest BCUT2D eigenvalue weighted by Crippen LogP contribution is 2.15. The summed E-state index contributed by atoms with van der Waals surface area (Å²) in [6, 6.07) is 5.21. The first kappa shape index (κ1) is 11.1. The van der Waals surface area contributed by atoms with Gasteiger partial charge in [-0.05, 0) is 31.5 Å². The van der Waals surface area contributed by atoms with E-state index < -0.39 is 0 Å². The van der Waals surface area contributed by atoms with Crippen LogP contribution in [0, 0.1) is 6.92 Å². The topological polar surface area (TPSA) is 34.9 Å². The molecule has 2 rings (SSSR count). The molecule has 1 heterocycles. The van der Waals surface area contributed by atoms with Gasteiger partial charge in [0.15, 0.2) is 0 Å². The van der Waals surface area contributed by atoms with E-state index in [9.17, 15) is 4.79 Å². The molecule has 0 radical (unpaired) electrons. The molecule has 2 aromatic rings. The number of benzene rings is 1. The fraction of sp³-hybridized carbons (Fsp3) is 0.333. The van der Waals surface area contributed by atoms with Crippen LogP contribution in [-0.4, -0.2) is 9.55 Å². The van der Waals surface area contributed by atoms with Crippen LogP contribution in [0.15, 0.2) is 23.0 Å². The number of hydrogen-bond donors (Lipinski definition) is 0. The Labute approximate surface area is 98.7 Å². The Bertz CT molecular complexity index is 589. The van der Waals surface area contributed by atoms with Gasteiger partial charge >= 0.3 is 0 Å². The normalized spacial score (nSPS) is 10.9. The smallest absolute Gasteiger partial charge is 0.261 e. The average Bonchev–Trinajstić information content (AvgIpc) is 2.26. The summed E-state index contributed by atoms with van der Waals surface area (Å²) in [5.41, 5.74) is 0.700. The van der Waals surface area contributed by atoms with Gasteiger partial charge in [0.1, 0.15) is 5.82 Å². The maximum Gasteiger partial charge on any atom is 0.261 e. The van der Waals surface area contributed by atoms with Gasteiger partial charge in [0.05, 0.1) is 10.9 Å². The van der Waals surface area contributed by atoms with Crippen molar-refractivity contribution < 1.29 is 0 Å². The summed E-state index contributed by atoms with van der Waals surface area (Å²) in [6.45, 7) is 4.58. The Morgan fingerprint density at radius 1 is 1.44 bits per heavy atom. The fourth-order valence-corrected chi connectivity index (χ4v) is 1.96. The average molecular weight is 237 g/mol. The van der Waals surface area contributed by atoms with E-state index >= 15 is 0 Å². The molecule has 0 amide bonds. The van der Waals surface area contributed by atoms with Crippen LogP contribution in [0.25, 0.3) is 10.9 Å². The molecule has 4 heteroatoms. The van der Waals surface area contributed by atoms with E-state index in [1.807, 2.05) is 13.8 Å². The van der Waals surface area contributed by atoms with Crippen molar-refractivity contribution in [3.05, 3.63) is 39.4 Å². The van der Waals surface area contributed by atoms with E-state index in [0.717, 1.165) is 12.2 Å². The van der Waals surface area contributed by atoms with E-state index in [1.54, 1.807) is 22.8 Å². The van der Waals surface area contributed by atoms with E-state index in [-0.39, 0.29) is 5.56 Å². The summed E-state index contributed by atoms with van der Waals surface area (Å²) < 4.78 is 1.69. The second-order valence-corrected chi connectivity index (χ2v) is 4.21. The van der Waals surface area contributed by atoms with Crippen LogP contribution in [0.5, 0.6) is 0 Å². The zero-order valence-electron chi connectivity index (χ0n) is 9.33. The van der Waals surface area contributed by atoms with Gasteiger partial charge in [-0.2, -0.15) is 0 Å². The minimum absolute atomic E-state index is 0.00755. The summed E-state index contributed by atoms with van der Waals surface area (Å²) in [6.07, 6.45) is 0.911. The van der Waals surface area contributed by atoms with Crippen LogP contribution in [0.1, 0.15) is 19.2 Å². The van der Waals surface area contributed by atoms with Crippen molar-refractivity contribution in [3.63, 3.8) is 0 Å². The van der Waals surface area contributed by atoms with E-state index in [0.29, 0.717) is 22.5 Å². The van der Waals surface area contributed by atoms with Gasteiger partial charge in [-0.25, -0.2) is 4.98 Å². The second kappa shape index (κ2) is 4.26. The van der Waals surface area contributed by atoms with E-state index in [1.165, 1.54) is 0 Å². The lowest BCUT2D eigenvalue weighted by molar-refractivity contribution is 0.625. The van der Waals surface area contributed by atoms with Gasteiger partial charge in [-0.1, -0.05) is 18.5 Å². The highest BCUT2D eigenvalue weighted by atomic mass is 35.5. The first-order chi connectivity index (χ1) is 7.63. The van der Waals surface area contributed by atoms with Crippen molar-refractivity contribution >= 4 is 22.5 Å². The summed E-state index contributed by atoms with van der Waals surface area (Å²) in [5.74, 6) is 0.752. The number of aryl methyl sites for hydroxylation is 1. The Morgan fingerprint density at radius 2 is 2.19 bits per heavy atom. The number of halogens is 1. The Balaban J connectivity index is 2.80. The molecule has 16 heavy (non-hydrogen) atoms. The highest BCUT2D eigenvalue weighted by molar-refractivity contribution is 6.31. The third-order valence-electron chi connectivity index (χ3n) is 2.55. The Morgan fingerprint density at radius 3 is 2.88 bits per heavy atom. The first-order valence-electron chi connectivity index (χ1n) is 5.30. The minimum atomic E-state index is -0.00755. The summed E-state index contributed by atoms with van der Waals surface area (Å²) in [4.78, 5) is 16.6. The lowest BCUT2D eigenvalue weighted by atomic mass is 10.2. The maximum absolute atomic E-state index is 12.2. The number of aromatic nitrogens is 2. The molecule has 0 aliphatic rings. The van der Waals surface area contributed by atoms with Crippen molar-refractivity contribution in [1.29, 1.82) is 0 Å². The summed E-state index contributed by atoms with van der Waals surface area (Å²) >= 11 is 5.88. The second-order valence-electron chi connectivity index (χ2n) is 3.78. The van der Waals surface area contributed by atoms with Crippen molar-refractivity contribution in [2.45, 2.75) is 26.8 Å². The molecule has 0 spiro atoms. The largest absolute Gasteiger partial charge is 0.296 e. The minimum Gasteiger partial charge on any atom is -0.296 e. The quantitative estimate of drug-likeness (QED) is 0.804. The monoisotopic (exact) mass is 236 g/mol. The molecule has 0 saturated carbocycles. The van der Waals surface area contributed by atoms with Gasteiger partial charge in [-0.3, -0.25) is 9.36 Å². The molecule has 0 fully saturated rings. The Kier molecular flexibility index (Phi) is 2.97. The third-order valence-corrected chi connectivity index (χ3v) is 2.79. The van der Waals surface area contributed by atoms with Gasteiger partial charge in [0.2, 0.25) is 0 Å². The molecule has 0 aliphatic carbocycles. The molecule has 3 nitrogen and oxygen atoms in total. The van der Waals surface area contributed by atoms with Crippen LogP contribution < -0.4 is 5.56 Å². The number of nitrogens with zero attached hydrogens (tertiary/aromatic N) is 2.